The molecule has 118 valence electrons. The maximum Gasteiger partial charge on any atom is 0.339 e. The van der Waals surface area contributed by atoms with Gasteiger partial charge in [-0.3, -0.25) is 0 Å². The zero-order valence-corrected chi connectivity index (χ0v) is 13.1. The van der Waals surface area contributed by atoms with Gasteiger partial charge in [-0.1, -0.05) is 0 Å². The van der Waals surface area contributed by atoms with Crippen molar-refractivity contribution < 1.29 is 9.90 Å². The van der Waals surface area contributed by atoms with Gasteiger partial charge in [-0.25, -0.2) is 14.3 Å². The van der Waals surface area contributed by atoms with Crippen LogP contribution >= 0.6 is 0 Å². The first-order valence-electron chi connectivity index (χ1n) is 7.86. The first kappa shape index (κ1) is 15.0. The highest BCUT2D eigenvalue weighted by Gasteiger charge is 2.23. The Morgan fingerprint density at radius 2 is 2.32 bits per heavy atom. The number of carboxylic acids is 1. The molecule has 0 aromatic carbocycles. The van der Waals surface area contributed by atoms with Crippen molar-refractivity contribution in [3.63, 3.8) is 0 Å². The number of fused-ring (bicyclic) bond motifs is 1. The van der Waals surface area contributed by atoms with Crippen molar-refractivity contribution in [3.05, 3.63) is 29.7 Å². The number of nitrogens with zero attached hydrogens (tertiary/aromatic N) is 4. The summed E-state index contributed by atoms with van der Waals surface area (Å²) in [7, 11) is 0. The van der Waals surface area contributed by atoms with Gasteiger partial charge in [-0.2, -0.15) is 5.10 Å². The SMILES string of the molecule is CC(C)N1CCCC(Cc2nc3c(C(=O)O)cccn3n2)C1. The van der Waals surface area contributed by atoms with Gasteiger partial charge < -0.3 is 10.0 Å². The normalized spacial score (nSPS) is 19.9. The summed E-state index contributed by atoms with van der Waals surface area (Å²) in [6, 6.07) is 3.82. The number of rotatable bonds is 4. The van der Waals surface area contributed by atoms with Crippen LogP contribution in [0.1, 0.15) is 42.9 Å². The van der Waals surface area contributed by atoms with Crippen LogP contribution in [-0.4, -0.2) is 49.7 Å². The van der Waals surface area contributed by atoms with Crippen LogP contribution in [0.15, 0.2) is 18.3 Å². The number of aromatic nitrogens is 3. The lowest BCUT2D eigenvalue weighted by Crippen LogP contribution is -2.40. The number of hydrogen-bond donors (Lipinski definition) is 1. The molecule has 2 aromatic heterocycles. The molecule has 0 amide bonds. The molecule has 6 nitrogen and oxygen atoms in total. The second-order valence-corrected chi connectivity index (χ2v) is 6.32. The molecule has 2 aromatic rings. The topological polar surface area (TPSA) is 70.7 Å². The summed E-state index contributed by atoms with van der Waals surface area (Å²) in [5.74, 6) is 0.319. The number of pyridine rings is 1. The fourth-order valence-corrected chi connectivity index (χ4v) is 3.19. The number of hydrogen-bond acceptors (Lipinski definition) is 4. The zero-order chi connectivity index (χ0) is 15.7. The molecule has 0 bridgehead atoms. The van der Waals surface area contributed by atoms with E-state index >= 15 is 0 Å². The van der Waals surface area contributed by atoms with Crippen LogP contribution in [0.4, 0.5) is 0 Å². The van der Waals surface area contributed by atoms with E-state index in [0.717, 1.165) is 25.3 Å². The molecule has 0 aliphatic carbocycles. The highest BCUT2D eigenvalue weighted by Crippen LogP contribution is 2.21. The lowest BCUT2D eigenvalue weighted by Gasteiger charge is -2.35. The molecule has 0 saturated carbocycles. The van der Waals surface area contributed by atoms with Crippen molar-refractivity contribution in [2.24, 2.45) is 5.92 Å². The molecule has 1 aliphatic heterocycles. The van der Waals surface area contributed by atoms with Gasteiger partial charge >= 0.3 is 5.97 Å². The Morgan fingerprint density at radius 1 is 1.50 bits per heavy atom. The van der Waals surface area contributed by atoms with Gasteiger partial charge in [0.25, 0.3) is 0 Å². The average molecular weight is 302 g/mol. The summed E-state index contributed by atoms with van der Waals surface area (Å²) in [4.78, 5) is 18.2. The van der Waals surface area contributed by atoms with Gasteiger partial charge in [0.2, 0.25) is 0 Å². The molecule has 0 radical (unpaired) electrons. The Kier molecular flexibility index (Phi) is 4.11. The number of aromatic carboxylic acids is 1. The molecule has 6 heteroatoms. The average Bonchev–Trinajstić information content (AvgIpc) is 2.89. The van der Waals surface area contributed by atoms with Crippen LogP contribution in [0, 0.1) is 5.92 Å². The minimum atomic E-state index is -0.965. The Balaban J connectivity index is 1.79. The number of likely N-dealkylation sites (tertiary alicyclic amines) is 1. The predicted molar refractivity (Wildman–Crippen MR) is 83.1 cm³/mol. The third-order valence-electron chi connectivity index (χ3n) is 4.39. The minimum Gasteiger partial charge on any atom is -0.478 e. The molecule has 1 unspecified atom stereocenters. The number of carbonyl (C=O) groups is 1. The molecule has 3 heterocycles. The molecule has 1 aliphatic rings. The fraction of sp³-hybridized carbons (Fsp3) is 0.562. The van der Waals surface area contributed by atoms with Gasteiger partial charge in [0.05, 0.1) is 0 Å². The van der Waals surface area contributed by atoms with E-state index in [4.69, 9.17) is 0 Å². The Hall–Kier alpha value is -1.95. The monoisotopic (exact) mass is 302 g/mol. The van der Waals surface area contributed by atoms with Gasteiger partial charge in [0, 0.05) is 25.2 Å². The second-order valence-electron chi connectivity index (χ2n) is 6.32. The van der Waals surface area contributed by atoms with Crippen molar-refractivity contribution in [3.8, 4) is 0 Å². The minimum absolute atomic E-state index is 0.203. The summed E-state index contributed by atoms with van der Waals surface area (Å²) in [6.07, 6.45) is 4.95. The quantitative estimate of drug-likeness (QED) is 0.936. The van der Waals surface area contributed by atoms with E-state index in [1.807, 2.05) is 0 Å². The van der Waals surface area contributed by atoms with E-state index in [1.165, 1.54) is 12.8 Å². The Labute approximate surface area is 129 Å². The van der Waals surface area contributed by atoms with E-state index in [0.29, 0.717) is 17.6 Å². The smallest absolute Gasteiger partial charge is 0.339 e. The molecule has 3 rings (SSSR count). The van der Waals surface area contributed by atoms with Crippen molar-refractivity contribution >= 4 is 11.6 Å². The fourth-order valence-electron chi connectivity index (χ4n) is 3.19. The maximum atomic E-state index is 11.2. The zero-order valence-electron chi connectivity index (χ0n) is 13.1. The van der Waals surface area contributed by atoms with Crippen molar-refractivity contribution in [2.45, 2.75) is 39.2 Å². The predicted octanol–water partition coefficient (Wildman–Crippen LogP) is 2.09. The Morgan fingerprint density at radius 3 is 3.05 bits per heavy atom. The van der Waals surface area contributed by atoms with Crippen molar-refractivity contribution in [1.29, 1.82) is 0 Å². The summed E-state index contributed by atoms with van der Waals surface area (Å²) >= 11 is 0. The van der Waals surface area contributed by atoms with E-state index in [2.05, 4.69) is 28.8 Å². The molecular weight excluding hydrogens is 280 g/mol. The van der Waals surface area contributed by atoms with E-state index in [9.17, 15) is 9.90 Å². The van der Waals surface area contributed by atoms with Crippen molar-refractivity contribution in [1.82, 2.24) is 19.5 Å². The third kappa shape index (κ3) is 2.97. The van der Waals surface area contributed by atoms with Crippen LogP contribution in [-0.2, 0) is 6.42 Å². The van der Waals surface area contributed by atoms with Gasteiger partial charge in [-0.15, -0.1) is 0 Å². The van der Waals surface area contributed by atoms with E-state index < -0.39 is 5.97 Å². The summed E-state index contributed by atoms with van der Waals surface area (Å²) in [5.41, 5.74) is 0.634. The summed E-state index contributed by atoms with van der Waals surface area (Å²) < 4.78 is 1.57. The molecule has 22 heavy (non-hydrogen) atoms. The highest BCUT2D eigenvalue weighted by molar-refractivity contribution is 5.94. The molecular formula is C16H22N4O2. The van der Waals surface area contributed by atoms with Crippen LogP contribution in [0.5, 0.6) is 0 Å². The molecule has 1 atom stereocenters. The summed E-state index contributed by atoms with van der Waals surface area (Å²) in [5, 5.41) is 13.7. The van der Waals surface area contributed by atoms with Gasteiger partial charge in [0.1, 0.15) is 5.56 Å². The second kappa shape index (κ2) is 6.04. The lowest BCUT2D eigenvalue weighted by molar-refractivity contribution is 0.0698. The Bertz CT molecular complexity index is 680. The summed E-state index contributed by atoms with van der Waals surface area (Å²) in [6.45, 7) is 6.68. The first-order chi connectivity index (χ1) is 10.5. The van der Waals surface area contributed by atoms with Crippen LogP contribution in [0.2, 0.25) is 0 Å². The van der Waals surface area contributed by atoms with Crippen LogP contribution in [0.25, 0.3) is 5.65 Å². The molecule has 1 fully saturated rings. The van der Waals surface area contributed by atoms with Crippen LogP contribution in [0.3, 0.4) is 0 Å². The van der Waals surface area contributed by atoms with E-state index in [-0.39, 0.29) is 5.56 Å². The van der Waals surface area contributed by atoms with Crippen molar-refractivity contribution in [2.75, 3.05) is 13.1 Å². The van der Waals surface area contributed by atoms with Gasteiger partial charge in [0.15, 0.2) is 11.5 Å². The lowest BCUT2D eigenvalue weighted by atomic mass is 9.94. The number of piperidine rings is 1. The highest BCUT2D eigenvalue weighted by atomic mass is 16.4. The molecule has 1 N–H and O–H groups in total. The van der Waals surface area contributed by atoms with Crippen LogP contribution < -0.4 is 0 Å². The first-order valence-corrected chi connectivity index (χ1v) is 7.86. The number of carboxylic acid groups (broad SMARTS) is 1. The molecule has 0 spiro atoms. The maximum absolute atomic E-state index is 11.2. The van der Waals surface area contributed by atoms with E-state index in [1.54, 1.807) is 22.8 Å². The molecule has 1 saturated heterocycles. The largest absolute Gasteiger partial charge is 0.478 e. The third-order valence-corrected chi connectivity index (χ3v) is 4.39. The standard InChI is InChI=1S/C16H22N4O2/c1-11(2)19-7-3-5-12(10-19)9-14-17-15-13(16(21)22)6-4-8-20(15)18-14/h4,6,8,11-12H,3,5,7,9-10H2,1-2H3,(H,21,22). The van der Waals surface area contributed by atoms with Gasteiger partial charge in [-0.05, 0) is 51.3 Å².